The van der Waals surface area contributed by atoms with Crippen LogP contribution in [-0.2, 0) is 11.2 Å². The van der Waals surface area contributed by atoms with Gasteiger partial charge in [-0.3, -0.25) is 4.79 Å². The van der Waals surface area contributed by atoms with E-state index in [0.29, 0.717) is 13.0 Å². The number of aliphatic hydroxyl groups excluding tert-OH is 1. The van der Waals surface area contributed by atoms with Crippen molar-refractivity contribution in [1.82, 2.24) is 4.90 Å². The number of aliphatic hydroxyl groups is 2. The average molecular weight is 299 g/mol. The van der Waals surface area contributed by atoms with Gasteiger partial charge in [-0.1, -0.05) is 6.07 Å². The van der Waals surface area contributed by atoms with Crippen molar-refractivity contribution in [1.29, 1.82) is 0 Å². The standard InChI is InChI=1S/C15H19F2NO3/c1-15(21)6-7-18(9-13(15)19)14(20)5-3-10-2-4-11(16)8-12(10)17/h2,4,8,13,19,21H,3,5-7,9H2,1H3. The topological polar surface area (TPSA) is 60.8 Å². The van der Waals surface area contributed by atoms with Crippen molar-refractivity contribution in [2.45, 2.75) is 37.9 Å². The van der Waals surface area contributed by atoms with Crippen LogP contribution in [0.3, 0.4) is 0 Å². The third-order valence-corrected chi connectivity index (χ3v) is 3.98. The number of likely N-dealkylation sites (tertiary alicyclic amines) is 1. The van der Waals surface area contributed by atoms with Gasteiger partial charge in [0.15, 0.2) is 0 Å². The number of hydrogen-bond donors (Lipinski definition) is 2. The van der Waals surface area contributed by atoms with Crippen LogP contribution >= 0.6 is 0 Å². The lowest BCUT2D eigenvalue weighted by Crippen LogP contribution is -2.55. The fourth-order valence-corrected chi connectivity index (χ4v) is 2.38. The minimum absolute atomic E-state index is 0.0672. The molecule has 0 spiro atoms. The molecule has 1 aliphatic heterocycles. The molecule has 1 amide bonds. The van der Waals surface area contributed by atoms with Gasteiger partial charge in [-0.15, -0.1) is 0 Å². The molecule has 1 fully saturated rings. The predicted molar refractivity (Wildman–Crippen MR) is 72.5 cm³/mol. The normalized spacial score (nSPS) is 26.0. The Morgan fingerprint density at radius 1 is 1.48 bits per heavy atom. The van der Waals surface area contributed by atoms with Crippen LogP contribution in [0.25, 0.3) is 0 Å². The molecular weight excluding hydrogens is 280 g/mol. The molecular formula is C15H19F2NO3. The predicted octanol–water partition coefficient (Wildman–Crippen LogP) is 1.24. The molecule has 1 heterocycles. The van der Waals surface area contributed by atoms with Gasteiger partial charge in [-0.25, -0.2) is 8.78 Å². The summed E-state index contributed by atoms with van der Waals surface area (Å²) in [5.74, 6) is -1.53. The highest BCUT2D eigenvalue weighted by atomic mass is 19.1. The molecule has 2 rings (SSSR count). The summed E-state index contributed by atoms with van der Waals surface area (Å²) in [7, 11) is 0. The van der Waals surface area contributed by atoms with E-state index in [1.54, 1.807) is 0 Å². The summed E-state index contributed by atoms with van der Waals surface area (Å²) in [6.45, 7) is 1.96. The lowest BCUT2D eigenvalue weighted by molar-refractivity contribution is -0.146. The first kappa shape index (κ1) is 15.9. The van der Waals surface area contributed by atoms with E-state index in [9.17, 15) is 23.8 Å². The number of hydrogen-bond acceptors (Lipinski definition) is 3. The van der Waals surface area contributed by atoms with E-state index in [2.05, 4.69) is 0 Å². The minimum Gasteiger partial charge on any atom is -0.388 e. The first-order chi connectivity index (χ1) is 9.79. The number of carbonyl (C=O) groups excluding carboxylic acids is 1. The number of benzene rings is 1. The summed E-state index contributed by atoms with van der Waals surface area (Å²) in [6.07, 6.45) is -0.436. The Labute approximate surface area is 122 Å². The number of amides is 1. The second-order valence-corrected chi connectivity index (χ2v) is 5.70. The minimum atomic E-state index is -1.18. The van der Waals surface area contributed by atoms with Gasteiger partial charge in [-0.2, -0.15) is 0 Å². The van der Waals surface area contributed by atoms with E-state index in [-0.39, 0.29) is 30.9 Å². The van der Waals surface area contributed by atoms with Crippen molar-refractivity contribution in [2.24, 2.45) is 0 Å². The summed E-state index contributed by atoms with van der Waals surface area (Å²) in [6, 6.07) is 3.28. The third-order valence-electron chi connectivity index (χ3n) is 3.98. The molecule has 1 saturated heterocycles. The second kappa shape index (κ2) is 6.07. The molecule has 0 saturated carbocycles. The molecule has 0 bridgehead atoms. The molecule has 2 N–H and O–H groups in total. The smallest absolute Gasteiger partial charge is 0.222 e. The van der Waals surface area contributed by atoms with Crippen molar-refractivity contribution in [3.8, 4) is 0 Å². The van der Waals surface area contributed by atoms with Gasteiger partial charge in [-0.05, 0) is 31.4 Å². The van der Waals surface area contributed by atoms with E-state index >= 15 is 0 Å². The van der Waals surface area contributed by atoms with Gasteiger partial charge in [0, 0.05) is 25.6 Å². The van der Waals surface area contributed by atoms with Gasteiger partial charge in [0.1, 0.15) is 11.6 Å². The molecule has 0 radical (unpaired) electrons. The first-order valence-electron chi connectivity index (χ1n) is 6.92. The molecule has 1 aromatic rings. The highest BCUT2D eigenvalue weighted by Crippen LogP contribution is 2.22. The molecule has 4 nitrogen and oxygen atoms in total. The van der Waals surface area contributed by atoms with E-state index in [1.165, 1.54) is 17.9 Å². The summed E-state index contributed by atoms with van der Waals surface area (Å²) in [5, 5.41) is 19.6. The van der Waals surface area contributed by atoms with Gasteiger partial charge in [0.05, 0.1) is 11.7 Å². The summed E-state index contributed by atoms with van der Waals surface area (Å²) >= 11 is 0. The molecule has 2 unspecified atom stereocenters. The Bertz CT molecular complexity index is 534. The number of nitrogens with zero attached hydrogens (tertiary/aromatic N) is 1. The van der Waals surface area contributed by atoms with Crippen molar-refractivity contribution in [3.05, 3.63) is 35.4 Å². The van der Waals surface area contributed by atoms with Gasteiger partial charge in [0.25, 0.3) is 0 Å². The molecule has 0 aliphatic carbocycles. The van der Waals surface area contributed by atoms with Crippen LogP contribution in [0, 0.1) is 11.6 Å². The highest BCUT2D eigenvalue weighted by Gasteiger charge is 2.37. The maximum Gasteiger partial charge on any atom is 0.222 e. The maximum atomic E-state index is 13.5. The number of rotatable bonds is 3. The Balaban J connectivity index is 1.90. The molecule has 1 aromatic carbocycles. The zero-order chi connectivity index (χ0) is 15.6. The number of halogens is 2. The SMILES string of the molecule is CC1(O)CCN(C(=O)CCc2ccc(F)cc2F)CC1O. The molecule has 0 aromatic heterocycles. The van der Waals surface area contributed by atoms with Crippen LogP contribution < -0.4 is 0 Å². The van der Waals surface area contributed by atoms with Gasteiger partial charge >= 0.3 is 0 Å². The van der Waals surface area contributed by atoms with E-state index in [1.807, 2.05) is 0 Å². The van der Waals surface area contributed by atoms with E-state index in [0.717, 1.165) is 12.1 Å². The van der Waals surface area contributed by atoms with Crippen molar-refractivity contribution in [2.75, 3.05) is 13.1 Å². The lowest BCUT2D eigenvalue weighted by atomic mass is 9.90. The lowest BCUT2D eigenvalue weighted by Gasteiger charge is -2.40. The van der Waals surface area contributed by atoms with Gasteiger partial charge in [0.2, 0.25) is 5.91 Å². The van der Waals surface area contributed by atoms with Crippen molar-refractivity contribution < 1.29 is 23.8 Å². The first-order valence-corrected chi connectivity index (χ1v) is 6.92. The third kappa shape index (κ3) is 3.77. The van der Waals surface area contributed by atoms with Crippen LogP contribution in [0.15, 0.2) is 18.2 Å². The van der Waals surface area contributed by atoms with Crippen LogP contribution in [-0.4, -0.2) is 45.8 Å². The van der Waals surface area contributed by atoms with Crippen molar-refractivity contribution >= 4 is 5.91 Å². The fourth-order valence-electron chi connectivity index (χ4n) is 2.38. The Hall–Kier alpha value is -1.53. The van der Waals surface area contributed by atoms with Crippen LogP contribution in [0.2, 0.25) is 0 Å². The molecule has 1 aliphatic rings. The number of piperidine rings is 1. The largest absolute Gasteiger partial charge is 0.388 e. The number of aryl methyl sites for hydroxylation is 1. The van der Waals surface area contributed by atoms with E-state index in [4.69, 9.17) is 0 Å². The number of carbonyl (C=O) groups is 1. The Kier molecular flexibility index (Phi) is 4.58. The average Bonchev–Trinajstić information content (AvgIpc) is 2.40. The molecule has 116 valence electrons. The molecule has 21 heavy (non-hydrogen) atoms. The number of β-amino-alcohol motifs (C(OH)–C–C–N with tert-alkyl or cyclic N) is 1. The second-order valence-electron chi connectivity index (χ2n) is 5.70. The van der Waals surface area contributed by atoms with Crippen LogP contribution in [0.4, 0.5) is 8.78 Å². The van der Waals surface area contributed by atoms with Gasteiger partial charge < -0.3 is 15.1 Å². The summed E-state index contributed by atoms with van der Waals surface area (Å²) in [5.41, 5.74) is -0.894. The molecule has 6 heteroatoms. The Morgan fingerprint density at radius 2 is 2.19 bits per heavy atom. The quantitative estimate of drug-likeness (QED) is 0.883. The monoisotopic (exact) mass is 299 g/mol. The summed E-state index contributed by atoms with van der Waals surface area (Å²) < 4.78 is 26.3. The van der Waals surface area contributed by atoms with Crippen LogP contribution in [0.1, 0.15) is 25.3 Å². The highest BCUT2D eigenvalue weighted by molar-refractivity contribution is 5.76. The molecule has 2 atom stereocenters. The summed E-state index contributed by atoms with van der Waals surface area (Å²) in [4.78, 5) is 13.5. The zero-order valence-electron chi connectivity index (χ0n) is 11.9. The van der Waals surface area contributed by atoms with Crippen molar-refractivity contribution in [3.63, 3.8) is 0 Å². The Morgan fingerprint density at radius 3 is 2.81 bits per heavy atom. The maximum absolute atomic E-state index is 13.5. The fraction of sp³-hybridized carbons (Fsp3) is 0.533. The zero-order valence-corrected chi connectivity index (χ0v) is 11.9. The van der Waals surface area contributed by atoms with E-state index < -0.39 is 23.3 Å². The van der Waals surface area contributed by atoms with Crippen LogP contribution in [0.5, 0.6) is 0 Å².